The zero-order valence-corrected chi connectivity index (χ0v) is 14.2. The van der Waals surface area contributed by atoms with Crippen molar-refractivity contribution in [2.24, 2.45) is 4.99 Å². The first-order chi connectivity index (χ1) is 12.9. The van der Waals surface area contributed by atoms with Gasteiger partial charge in [-0.15, -0.1) is 0 Å². The summed E-state index contributed by atoms with van der Waals surface area (Å²) < 4.78 is 0. The number of rotatable bonds is 3. The minimum atomic E-state index is -0.463. The number of aliphatic imine (C=N–C) groups is 1. The predicted octanol–water partition coefficient (Wildman–Crippen LogP) is 4.96. The molecule has 27 heavy (non-hydrogen) atoms. The molecule has 7 heteroatoms. The maximum atomic E-state index is 11.2. The number of nitro groups is 2. The number of hydrogen-bond acceptors (Lipinski definition) is 5. The van der Waals surface area contributed by atoms with Gasteiger partial charge in [0.25, 0.3) is 11.4 Å². The van der Waals surface area contributed by atoms with Crippen molar-refractivity contribution in [1.82, 2.24) is 0 Å². The monoisotopic (exact) mass is 359 g/mol. The van der Waals surface area contributed by atoms with Gasteiger partial charge in [-0.2, -0.15) is 0 Å². The van der Waals surface area contributed by atoms with Gasteiger partial charge in [0.15, 0.2) is 0 Å². The van der Waals surface area contributed by atoms with Crippen LogP contribution in [0.2, 0.25) is 0 Å². The highest BCUT2D eigenvalue weighted by molar-refractivity contribution is 6.25. The molecule has 0 unspecified atom stereocenters. The quantitative estimate of drug-likeness (QED) is 0.381. The number of benzene rings is 3. The smallest absolute Gasteiger partial charge is 0.258 e. The van der Waals surface area contributed by atoms with Crippen molar-refractivity contribution < 1.29 is 9.85 Å². The number of non-ortho nitro benzene ring substituents is 2. The summed E-state index contributed by atoms with van der Waals surface area (Å²) in [5.41, 5.74) is 4.90. The first kappa shape index (κ1) is 16.6. The molecule has 3 aromatic carbocycles. The van der Waals surface area contributed by atoms with E-state index in [4.69, 9.17) is 0 Å². The van der Waals surface area contributed by atoms with Gasteiger partial charge in [0.2, 0.25) is 0 Å². The van der Waals surface area contributed by atoms with Gasteiger partial charge in [0.05, 0.1) is 21.2 Å². The average molecular weight is 359 g/mol. The highest BCUT2D eigenvalue weighted by atomic mass is 16.6. The van der Waals surface area contributed by atoms with Crippen molar-refractivity contribution in [1.29, 1.82) is 0 Å². The van der Waals surface area contributed by atoms with Gasteiger partial charge >= 0.3 is 0 Å². The summed E-state index contributed by atoms with van der Waals surface area (Å²) >= 11 is 0. The molecule has 0 fully saturated rings. The maximum absolute atomic E-state index is 11.2. The topological polar surface area (TPSA) is 98.6 Å². The Balaban J connectivity index is 1.97. The third-order valence-electron chi connectivity index (χ3n) is 4.50. The fourth-order valence-electron chi connectivity index (χ4n) is 3.17. The number of nitrogens with zero attached hydrogens (tertiary/aromatic N) is 3. The molecule has 0 aliphatic heterocycles. The van der Waals surface area contributed by atoms with Crippen molar-refractivity contribution in [3.8, 4) is 11.1 Å². The molecular weight excluding hydrogens is 346 g/mol. The zero-order valence-electron chi connectivity index (χ0n) is 14.2. The Morgan fingerprint density at radius 1 is 0.704 bits per heavy atom. The highest BCUT2D eigenvalue weighted by Crippen LogP contribution is 2.41. The molecule has 0 bridgehead atoms. The molecule has 0 aromatic heterocycles. The lowest BCUT2D eigenvalue weighted by Gasteiger charge is -2.03. The summed E-state index contributed by atoms with van der Waals surface area (Å²) in [6, 6.07) is 16.6. The Bertz CT molecular complexity index is 1070. The second-order valence-corrected chi connectivity index (χ2v) is 6.27. The van der Waals surface area contributed by atoms with Crippen LogP contribution < -0.4 is 0 Å². The molecule has 0 spiro atoms. The van der Waals surface area contributed by atoms with Crippen molar-refractivity contribution in [2.75, 3.05) is 0 Å². The summed E-state index contributed by atoms with van der Waals surface area (Å²) in [6.07, 6.45) is 0. The van der Waals surface area contributed by atoms with Crippen LogP contribution in [0.15, 0.2) is 65.7 Å². The van der Waals surface area contributed by atoms with E-state index in [9.17, 15) is 20.2 Å². The molecule has 0 amide bonds. The van der Waals surface area contributed by atoms with E-state index in [-0.39, 0.29) is 11.4 Å². The Hall–Kier alpha value is -3.87. The summed E-state index contributed by atoms with van der Waals surface area (Å²) in [5.74, 6) is 0. The van der Waals surface area contributed by atoms with E-state index in [1.807, 2.05) is 31.2 Å². The summed E-state index contributed by atoms with van der Waals surface area (Å²) in [5, 5.41) is 22.4. The van der Waals surface area contributed by atoms with Crippen molar-refractivity contribution in [3.63, 3.8) is 0 Å². The van der Waals surface area contributed by atoms with E-state index in [1.54, 1.807) is 12.1 Å². The van der Waals surface area contributed by atoms with Gasteiger partial charge in [-0.05, 0) is 42.3 Å². The number of aryl methyl sites for hydroxylation is 1. The molecule has 0 radical (unpaired) electrons. The molecule has 0 saturated carbocycles. The molecule has 0 atom stereocenters. The second-order valence-electron chi connectivity index (χ2n) is 6.27. The van der Waals surface area contributed by atoms with E-state index in [0.717, 1.165) is 16.7 Å². The summed E-state index contributed by atoms with van der Waals surface area (Å²) in [6.45, 7) is 1.96. The van der Waals surface area contributed by atoms with Crippen LogP contribution in [0.5, 0.6) is 0 Å². The number of fused-ring (bicyclic) bond motifs is 3. The Morgan fingerprint density at radius 3 is 1.63 bits per heavy atom. The molecule has 1 aliphatic carbocycles. The van der Waals surface area contributed by atoms with Crippen molar-refractivity contribution >= 4 is 22.8 Å². The van der Waals surface area contributed by atoms with Crippen molar-refractivity contribution in [2.45, 2.75) is 6.92 Å². The Labute approximate surface area is 153 Å². The molecule has 0 saturated heterocycles. The first-order valence-corrected chi connectivity index (χ1v) is 8.17. The van der Waals surface area contributed by atoms with Gasteiger partial charge in [-0.25, -0.2) is 4.99 Å². The maximum Gasteiger partial charge on any atom is 0.270 e. The van der Waals surface area contributed by atoms with E-state index >= 15 is 0 Å². The summed E-state index contributed by atoms with van der Waals surface area (Å²) in [7, 11) is 0. The highest BCUT2D eigenvalue weighted by Gasteiger charge is 2.29. The van der Waals surface area contributed by atoms with Gasteiger partial charge in [0, 0.05) is 35.4 Å². The third kappa shape index (κ3) is 2.85. The number of hydrogen-bond donors (Lipinski definition) is 0. The van der Waals surface area contributed by atoms with Crippen LogP contribution in [-0.2, 0) is 0 Å². The van der Waals surface area contributed by atoms with Gasteiger partial charge in [0.1, 0.15) is 0 Å². The van der Waals surface area contributed by atoms with E-state index < -0.39 is 9.85 Å². The molecule has 132 valence electrons. The standard InChI is InChI=1S/C20H13N3O4/c1-12-2-4-13(5-3-12)21-20-18-10-14(22(24)25)6-8-16(18)17-9-7-15(23(26)27)11-19(17)20/h2-11H,1H3. The molecule has 4 rings (SSSR count). The van der Waals surface area contributed by atoms with Crippen molar-refractivity contribution in [3.05, 3.63) is 97.6 Å². The number of nitro benzene ring substituents is 2. The summed E-state index contributed by atoms with van der Waals surface area (Å²) in [4.78, 5) is 26.1. The van der Waals surface area contributed by atoms with Gasteiger partial charge in [-0.1, -0.05) is 17.7 Å². The Morgan fingerprint density at radius 2 is 1.19 bits per heavy atom. The lowest BCUT2D eigenvalue weighted by atomic mass is 10.1. The molecule has 3 aromatic rings. The zero-order chi connectivity index (χ0) is 19.1. The molecule has 0 N–H and O–H groups in total. The minimum Gasteiger partial charge on any atom is -0.258 e. The molecule has 7 nitrogen and oxygen atoms in total. The van der Waals surface area contributed by atoms with Crippen LogP contribution >= 0.6 is 0 Å². The second kappa shape index (κ2) is 6.14. The third-order valence-corrected chi connectivity index (χ3v) is 4.50. The van der Waals surface area contributed by atoms with E-state index in [0.29, 0.717) is 22.5 Å². The molecule has 0 heterocycles. The lowest BCUT2D eigenvalue weighted by molar-refractivity contribution is -0.385. The van der Waals surface area contributed by atoms with Crippen LogP contribution in [0, 0.1) is 27.2 Å². The lowest BCUT2D eigenvalue weighted by Crippen LogP contribution is -2.00. The van der Waals surface area contributed by atoms with Crippen LogP contribution in [0.3, 0.4) is 0 Å². The SMILES string of the molecule is Cc1ccc(N=C2c3cc([N+](=O)[O-])ccc3-c3ccc([N+](=O)[O-])cc32)cc1. The van der Waals surface area contributed by atoms with Gasteiger partial charge < -0.3 is 0 Å². The van der Waals surface area contributed by atoms with Crippen LogP contribution in [0.1, 0.15) is 16.7 Å². The first-order valence-electron chi connectivity index (χ1n) is 8.17. The Kier molecular flexibility index (Phi) is 3.77. The minimum absolute atomic E-state index is 0.0485. The molecule has 1 aliphatic rings. The van der Waals surface area contributed by atoms with Crippen LogP contribution in [0.4, 0.5) is 17.1 Å². The van der Waals surface area contributed by atoms with E-state index in [1.165, 1.54) is 24.3 Å². The predicted molar refractivity (Wildman–Crippen MR) is 102 cm³/mol. The molecular formula is C20H13N3O4. The normalized spacial score (nSPS) is 11.7. The largest absolute Gasteiger partial charge is 0.270 e. The van der Waals surface area contributed by atoms with Gasteiger partial charge in [-0.3, -0.25) is 20.2 Å². The van der Waals surface area contributed by atoms with Crippen LogP contribution in [-0.4, -0.2) is 15.6 Å². The fraction of sp³-hybridized carbons (Fsp3) is 0.0500. The van der Waals surface area contributed by atoms with E-state index in [2.05, 4.69) is 4.99 Å². The fourth-order valence-corrected chi connectivity index (χ4v) is 3.17. The van der Waals surface area contributed by atoms with Crippen LogP contribution in [0.25, 0.3) is 11.1 Å². The average Bonchev–Trinajstić information content (AvgIpc) is 2.96.